The summed E-state index contributed by atoms with van der Waals surface area (Å²) >= 11 is 0. The highest BCUT2D eigenvalue weighted by atomic mass is 15.1. The Morgan fingerprint density at radius 3 is 2.55 bits per heavy atom. The van der Waals surface area contributed by atoms with Gasteiger partial charge in [0.2, 0.25) is 0 Å². The van der Waals surface area contributed by atoms with E-state index in [4.69, 9.17) is 0 Å². The van der Waals surface area contributed by atoms with Crippen LogP contribution in [0.5, 0.6) is 0 Å². The summed E-state index contributed by atoms with van der Waals surface area (Å²) in [5, 5.41) is 3.72. The summed E-state index contributed by atoms with van der Waals surface area (Å²) in [6, 6.07) is 4.98. The highest BCUT2D eigenvalue weighted by molar-refractivity contribution is 5.09. The molecule has 0 amide bonds. The molecule has 3 nitrogen and oxygen atoms in total. The van der Waals surface area contributed by atoms with Crippen molar-refractivity contribution in [1.82, 2.24) is 15.2 Å². The third-order valence-corrected chi connectivity index (χ3v) is 4.47. The molecule has 0 aliphatic heterocycles. The molecule has 112 valence electrons. The Labute approximate surface area is 123 Å². The van der Waals surface area contributed by atoms with Gasteiger partial charge in [-0.3, -0.25) is 4.98 Å². The second-order valence-electron chi connectivity index (χ2n) is 6.32. The summed E-state index contributed by atoms with van der Waals surface area (Å²) < 4.78 is 0. The van der Waals surface area contributed by atoms with E-state index in [0.717, 1.165) is 38.0 Å². The molecule has 0 unspecified atom stereocenters. The number of aromatic nitrogens is 1. The Morgan fingerprint density at radius 1 is 1.15 bits per heavy atom. The lowest BCUT2D eigenvalue weighted by Gasteiger charge is -2.28. The van der Waals surface area contributed by atoms with Crippen molar-refractivity contribution in [1.29, 1.82) is 0 Å². The van der Waals surface area contributed by atoms with Crippen molar-refractivity contribution in [3.05, 3.63) is 30.1 Å². The smallest absolute Gasteiger partial charge is 0.0270 e. The molecule has 1 heterocycles. The molecule has 1 aliphatic rings. The number of hydrogen-bond acceptors (Lipinski definition) is 3. The fraction of sp³-hybridized carbons (Fsp3) is 0.706. The molecule has 3 heteroatoms. The maximum absolute atomic E-state index is 4.06. The van der Waals surface area contributed by atoms with Gasteiger partial charge in [-0.1, -0.05) is 6.92 Å². The van der Waals surface area contributed by atoms with Crippen LogP contribution in [-0.2, 0) is 6.42 Å². The van der Waals surface area contributed by atoms with Gasteiger partial charge in [-0.05, 0) is 62.8 Å². The molecular formula is C17H29N3. The molecule has 1 saturated carbocycles. The molecule has 1 aliphatic carbocycles. The molecule has 0 saturated heterocycles. The molecule has 2 rings (SSSR count). The first-order chi connectivity index (χ1) is 9.74. The molecule has 1 N–H and O–H groups in total. The van der Waals surface area contributed by atoms with E-state index in [9.17, 15) is 0 Å². The number of rotatable bonds is 7. The van der Waals surface area contributed by atoms with Crippen LogP contribution in [0.4, 0.5) is 0 Å². The lowest BCUT2D eigenvalue weighted by molar-refractivity contribution is 0.283. The minimum absolute atomic E-state index is 0.764. The predicted octanol–water partition coefficient (Wildman–Crippen LogP) is 2.72. The Balaban J connectivity index is 1.55. The highest BCUT2D eigenvalue weighted by Gasteiger charge is 2.17. The van der Waals surface area contributed by atoms with Gasteiger partial charge in [0.1, 0.15) is 0 Å². The number of pyridine rings is 1. The van der Waals surface area contributed by atoms with Gasteiger partial charge >= 0.3 is 0 Å². The van der Waals surface area contributed by atoms with Crippen LogP contribution in [0.15, 0.2) is 24.5 Å². The maximum Gasteiger partial charge on any atom is 0.0270 e. The standard InChI is InChI=1S/C17H29N3/c1-15-3-5-17(6-4-15)19-12-14-20(2)13-9-16-7-10-18-11-8-16/h7-8,10-11,15,17,19H,3-6,9,12-14H2,1-2H3. The molecule has 0 aromatic carbocycles. The van der Waals surface area contributed by atoms with Crippen LogP contribution in [0.3, 0.4) is 0 Å². The summed E-state index contributed by atoms with van der Waals surface area (Å²) in [5.74, 6) is 0.941. The summed E-state index contributed by atoms with van der Waals surface area (Å²) in [4.78, 5) is 6.47. The first-order valence-electron chi connectivity index (χ1n) is 8.05. The number of likely N-dealkylation sites (N-methyl/N-ethyl adjacent to an activating group) is 1. The second kappa shape index (κ2) is 8.38. The summed E-state index contributed by atoms with van der Waals surface area (Å²) in [5.41, 5.74) is 1.38. The van der Waals surface area contributed by atoms with E-state index in [0.29, 0.717) is 0 Å². The van der Waals surface area contributed by atoms with Gasteiger partial charge in [-0.15, -0.1) is 0 Å². The normalized spacial score (nSPS) is 23.1. The van der Waals surface area contributed by atoms with E-state index in [1.807, 2.05) is 12.4 Å². The van der Waals surface area contributed by atoms with Crippen molar-refractivity contribution >= 4 is 0 Å². The average molecular weight is 275 g/mol. The molecule has 1 fully saturated rings. The molecular weight excluding hydrogens is 246 g/mol. The van der Waals surface area contributed by atoms with Gasteiger partial charge < -0.3 is 10.2 Å². The van der Waals surface area contributed by atoms with E-state index in [1.54, 1.807) is 0 Å². The zero-order valence-corrected chi connectivity index (χ0v) is 13.0. The van der Waals surface area contributed by atoms with Crippen LogP contribution in [0.2, 0.25) is 0 Å². The molecule has 0 atom stereocenters. The van der Waals surface area contributed by atoms with Crippen LogP contribution < -0.4 is 5.32 Å². The fourth-order valence-corrected chi connectivity index (χ4v) is 2.90. The average Bonchev–Trinajstić information content (AvgIpc) is 2.48. The van der Waals surface area contributed by atoms with Crippen LogP contribution in [0.25, 0.3) is 0 Å². The van der Waals surface area contributed by atoms with Crippen LogP contribution >= 0.6 is 0 Å². The highest BCUT2D eigenvalue weighted by Crippen LogP contribution is 2.23. The minimum Gasteiger partial charge on any atom is -0.313 e. The Hall–Kier alpha value is -0.930. The van der Waals surface area contributed by atoms with Crippen LogP contribution in [0.1, 0.15) is 38.2 Å². The maximum atomic E-state index is 4.06. The van der Waals surface area contributed by atoms with Crippen molar-refractivity contribution < 1.29 is 0 Å². The summed E-state index contributed by atoms with van der Waals surface area (Å²) in [6.45, 7) is 5.75. The van der Waals surface area contributed by atoms with Gasteiger partial charge in [0, 0.05) is 38.1 Å². The minimum atomic E-state index is 0.764. The van der Waals surface area contributed by atoms with Crippen LogP contribution in [0, 0.1) is 5.92 Å². The van der Waals surface area contributed by atoms with E-state index in [1.165, 1.54) is 31.2 Å². The molecule has 1 aromatic heterocycles. The van der Waals surface area contributed by atoms with Gasteiger partial charge in [-0.2, -0.15) is 0 Å². The first kappa shape index (κ1) is 15.5. The topological polar surface area (TPSA) is 28.2 Å². The summed E-state index contributed by atoms with van der Waals surface area (Å²) in [6.07, 6.45) is 10.4. The Kier molecular flexibility index (Phi) is 6.48. The third-order valence-electron chi connectivity index (χ3n) is 4.47. The molecule has 0 spiro atoms. The van der Waals surface area contributed by atoms with Gasteiger partial charge in [0.15, 0.2) is 0 Å². The Bertz CT molecular complexity index is 358. The van der Waals surface area contributed by atoms with E-state index in [2.05, 4.69) is 41.3 Å². The second-order valence-corrected chi connectivity index (χ2v) is 6.32. The SMILES string of the molecule is CC1CCC(NCCN(C)CCc2ccncc2)CC1. The summed E-state index contributed by atoms with van der Waals surface area (Å²) in [7, 11) is 2.21. The molecule has 0 bridgehead atoms. The van der Waals surface area contributed by atoms with Gasteiger partial charge in [0.05, 0.1) is 0 Å². The van der Waals surface area contributed by atoms with E-state index in [-0.39, 0.29) is 0 Å². The van der Waals surface area contributed by atoms with Crippen molar-refractivity contribution in [2.45, 2.75) is 45.1 Å². The zero-order chi connectivity index (χ0) is 14.2. The number of nitrogens with zero attached hydrogens (tertiary/aromatic N) is 2. The first-order valence-corrected chi connectivity index (χ1v) is 8.05. The van der Waals surface area contributed by atoms with Crippen molar-refractivity contribution in [3.8, 4) is 0 Å². The monoisotopic (exact) mass is 275 g/mol. The largest absolute Gasteiger partial charge is 0.313 e. The third kappa shape index (κ3) is 5.59. The number of nitrogens with one attached hydrogen (secondary N) is 1. The van der Waals surface area contributed by atoms with Gasteiger partial charge in [0.25, 0.3) is 0 Å². The molecule has 0 radical (unpaired) electrons. The molecule has 1 aromatic rings. The zero-order valence-electron chi connectivity index (χ0n) is 13.0. The fourth-order valence-electron chi connectivity index (χ4n) is 2.90. The molecule has 20 heavy (non-hydrogen) atoms. The lowest BCUT2D eigenvalue weighted by Crippen LogP contribution is -2.38. The van der Waals surface area contributed by atoms with E-state index >= 15 is 0 Å². The van der Waals surface area contributed by atoms with Crippen LogP contribution in [-0.4, -0.2) is 42.6 Å². The van der Waals surface area contributed by atoms with Crippen molar-refractivity contribution in [3.63, 3.8) is 0 Å². The van der Waals surface area contributed by atoms with Gasteiger partial charge in [-0.25, -0.2) is 0 Å². The number of hydrogen-bond donors (Lipinski definition) is 1. The van der Waals surface area contributed by atoms with Crippen molar-refractivity contribution in [2.75, 3.05) is 26.7 Å². The van der Waals surface area contributed by atoms with E-state index < -0.39 is 0 Å². The van der Waals surface area contributed by atoms with Crippen molar-refractivity contribution in [2.24, 2.45) is 5.92 Å². The lowest BCUT2D eigenvalue weighted by atomic mass is 9.87. The predicted molar refractivity (Wildman–Crippen MR) is 84.9 cm³/mol. The Morgan fingerprint density at radius 2 is 1.85 bits per heavy atom. The quantitative estimate of drug-likeness (QED) is 0.829.